The summed E-state index contributed by atoms with van der Waals surface area (Å²) in [5.41, 5.74) is 2.18. The molecule has 1 aliphatic heterocycles. The minimum absolute atomic E-state index is 0.139. The number of carbonyl (C=O) groups excluding carboxylic acids is 1. The summed E-state index contributed by atoms with van der Waals surface area (Å²) >= 11 is 0. The van der Waals surface area contributed by atoms with Crippen LogP contribution in [0.1, 0.15) is 11.1 Å². The van der Waals surface area contributed by atoms with Gasteiger partial charge in [-0.15, -0.1) is 0 Å². The van der Waals surface area contributed by atoms with Crippen molar-refractivity contribution in [3.8, 4) is 0 Å². The van der Waals surface area contributed by atoms with Crippen molar-refractivity contribution < 1.29 is 13.9 Å². The molecule has 0 aliphatic carbocycles. The molecular weight excluding hydrogens is 267 g/mol. The Hall–Kier alpha value is -2.16. The van der Waals surface area contributed by atoms with Crippen LogP contribution in [-0.2, 0) is 22.4 Å². The van der Waals surface area contributed by atoms with Gasteiger partial charge in [0.1, 0.15) is 5.82 Å². The Morgan fingerprint density at radius 3 is 2.33 bits per heavy atom. The highest BCUT2D eigenvalue weighted by molar-refractivity contribution is 5.75. The highest BCUT2D eigenvalue weighted by atomic mass is 19.1. The zero-order chi connectivity index (χ0) is 14.7. The second-order valence-corrected chi connectivity index (χ2v) is 5.52. The second kappa shape index (κ2) is 6.08. The van der Waals surface area contributed by atoms with Gasteiger partial charge in [-0.05, 0) is 36.1 Å². The maximum absolute atomic E-state index is 12.9. The van der Waals surface area contributed by atoms with Crippen LogP contribution in [0.4, 0.5) is 4.39 Å². The van der Waals surface area contributed by atoms with Gasteiger partial charge in [0.05, 0.1) is 12.5 Å². The number of rotatable bonds is 4. The van der Waals surface area contributed by atoms with Gasteiger partial charge in [-0.2, -0.15) is 0 Å². The molecule has 0 bridgehead atoms. The molecule has 0 saturated carbocycles. The average Bonchev–Trinajstić information content (AvgIpc) is 2.84. The van der Waals surface area contributed by atoms with E-state index in [-0.39, 0.29) is 23.6 Å². The molecular formula is C18H17FO2. The van der Waals surface area contributed by atoms with Gasteiger partial charge in [0.2, 0.25) is 0 Å². The molecule has 0 amide bonds. The molecule has 3 rings (SSSR count). The van der Waals surface area contributed by atoms with Crippen molar-refractivity contribution >= 4 is 5.97 Å². The minimum atomic E-state index is -0.256. The van der Waals surface area contributed by atoms with E-state index in [1.165, 1.54) is 17.7 Å². The lowest BCUT2D eigenvalue weighted by Crippen LogP contribution is -2.20. The molecule has 1 aliphatic rings. The van der Waals surface area contributed by atoms with Crippen molar-refractivity contribution in [1.82, 2.24) is 0 Å². The Labute approximate surface area is 123 Å². The summed E-state index contributed by atoms with van der Waals surface area (Å²) in [5.74, 6) is -0.352. The van der Waals surface area contributed by atoms with Crippen molar-refractivity contribution in [3.63, 3.8) is 0 Å². The van der Waals surface area contributed by atoms with Gasteiger partial charge in [0.25, 0.3) is 0 Å². The molecule has 108 valence electrons. The number of hydrogen-bond acceptors (Lipinski definition) is 2. The van der Waals surface area contributed by atoms with Gasteiger partial charge in [-0.1, -0.05) is 42.5 Å². The van der Waals surface area contributed by atoms with Crippen molar-refractivity contribution in [2.45, 2.75) is 12.8 Å². The molecule has 0 unspecified atom stereocenters. The highest BCUT2D eigenvalue weighted by Crippen LogP contribution is 2.29. The fraction of sp³-hybridized carbons (Fsp3) is 0.278. The molecule has 0 spiro atoms. The van der Waals surface area contributed by atoms with Crippen LogP contribution in [-0.4, -0.2) is 12.6 Å². The maximum atomic E-state index is 12.9. The third kappa shape index (κ3) is 3.30. The van der Waals surface area contributed by atoms with Gasteiger partial charge in [0.15, 0.2) is 0 Å². The number of hydrogen-bond donors (Lipinski definition) is 0. The molecule has 3 heteroatoms. The molecule has 2 nitrogen and oxygen atoms in total. The van der Waals surface area contributed by atoms with Crippen molar-refractivity contribution in [1.29, 1.82) is 0 Å². The van der Waals surface area contributed by atoms with Gasteiger partial charge in [-0.25, -0.2) is 4.39 Å². The lowest BCUT2D eigenvalue weighted by molar-refractivity contribution is -0.141. The largest absolute Gasteiger partial charge is 0.465 e. The van der Waals surface area contributed by atoms with E-state index in [0.717, 1.165) is 12.0 Å². The first-order valence-corrected chi connectivity index (χ1v) is 7.17. The third-order valence-corrected chi connectivity index (χ3v) is 4.02. The fourth-order valence-electron chi connectivity index (χ4n) is 2.85. The summed E-state index contributed by atoms with van der Waals surface area (Å²) in [5, 5.41) is 0. The number of esters is 1. The summed E-state index contributed by atoms with van der Waals surface area (Å²) in [7, 11) is 0. The van der Waals surface area contributed by atoms with Crippen LogP contribution in [0.15, 0.2) is 54.6 Å². The van der Waals surface area contributed by atoms with E-state index in [1.54, 1.807) is 12.1 Å². The topological polar surface area (TPSA) is 26.3 Å². The SMILES string of the molecule is O=C1OC[C@H](Cc2ccccc2)[C@H]1Cc1ccc(F)cc1. The van der Waals surface area contributed by atoms with Crippen LogP contribution in [0.25, 0.3) is 0 Å². The minimum Gasteiger partial charge on any atom is -0.465 e. The van der Waals surface area contributed by atoms with Crippen molar-refractivity contribution in [3.05, 3.63) is 71.5 Å². The number of benzene rings is 2. The first kappa shape index (κ1) is 13.8. The summed E-state index contributed by atoms with van der Waals surface area (Å²) in [6.07, 6.45) is 1.44. The van der Waals surface area contributed by atoms with E-state index in [4.69, 9.17) is 4.74 Å². The van der Waals surface area contributed by atoms with Crippen LogP contribution in [0, 0.1) is 17.7 Å². The molecule has 2 aromatic carbocycles. The molecule has 0 aromatic heterocycles. The highest BCUT2D eigenvalue weighted by Gasteiger charge is 2.36. The molecule has 0 radical (unpaired) electrons. The molecule has 1 saturated heterocycles. The molecule has 21 heavy (non-hydrogen) atoms. The molecule has 1 heterocycles. The summed E-state index contributed by atoms with van der Waals surface area (Å²) < 4.78 is 18.2. The number of carbonyl (C=O) groups is 1. The molecule has 2 aromatic rings. The molecule has 2 atom stereocenters. The van der Waals surface area contributed by atoms with E-state index >= 15 is 0 Å². The Morgan fingerprint density at radius 1 is 0.952 bits per heavy atom. The third-order valence-electron chi connectivity index (χ3n) is 4.02. The lowest BCUT2D eigenvalue weighted by Gasteiger charge is -2.15. The van der Waals surface area contributed by atoms with E-state index in [1.807, 2.05) is 18.2 Å². The average molecular weight is 284 g/mol. The van der Waals surface area contributed by atoms with Crippen LogP contribution in [0.3, 0.4) is 0 Å². The number of cyclic esters (lactones) is 1. The molecule has 1 fully saturated rings. The van der Waals surface area contributed by atoms with E-state index in [0.29, 0.717) is 13.0 Å². The second-order valence-electron chi connectivity index (χ2n) is 5.52. The van der Waals surface area contributed by atoms with Gasteiger partial charge in [0, 0.05) is 5.92 Å². The fourth-order valence-corrected chi connectivity index (χ4v) is 2.85. The van der Waals surface area contributed by atoms with Gasteiger partial charge < -0.3 is 4.74 Å². The van der Waals surface area contributed by atoms with E-state index in [9.17, 15) is 9.18 Å². The molecule has 0 N–H and O–H groups in total. The van der Waals surface area contributed by atoms with Crippen LogP contribution in [0.5, 0.6) is 0 Å². The van der Waals surface area contributed by atoms with Crippen LogP contribution in [0.2, 0.25) is 0 Å². The van der Waals surface area contributed by atoms with Crippen molar-refractivity contribution in [2.24, 2.45) is 11.8 Å². The van der Waals surface area contributed by atoms with E-state index < -0.39 is 0 Å². The zero-order valence-electron chi connectivity index (χ0n) is 11.7. The zero-order valence-corrected chi connectivity index (χ0v) is 11.7. The number of ether oxygens (including phenoxy) is 1. The normalized spacial score (nSPS) is 21.3. The first-order valence-electron chi connectivity index (χ1n) is 7.17. The number of halogens is 1. The smallest absolute Gasteiger partial charge is 0.309 e. The predicted molar refractivity (Wildman–Crippen MR) is 78.2 cm³/mol. The summed E-state index contributed by atoms with van der Waals surface area (Å²) in [6, 6.07) is 16.5. The monoisotopic (exact) mass is 284 g/mol. The van der Waals surface area contributed by atoms with Gasteiger partial charge >= 0.3 is 5.97 Å². The maximum Gasteiger partial charge on any atom is 0.309 e. The van der Waals surface area contributed by atoms with Gasteiger partial charge in [-0.3, -0.25) is 4.79 Å². The van der Waals surface area contributed by atoms with Crippen molar-refractivity contribution in [2.75, 3.05) is 6.61 Å². The Bertz CT molecular complexity index is 607. The quantitative estimate of drug-likeness (QED) is 0.804. The van der Waals surface area contributed by atoms with E-state index in [2.05, 4.69) is 12.1 Å². The Morgan fingerprint density at radius 2 is 1.62 bits per heavy atom. The standard InChI is InChI=1S/C18H17FO2/c19-16-8-6-14(7-9-16)11-17-15(12-21-18(17)20)10-13-4-2-1-3-5-13/h1-9,15,17H,10-12H2/t15-,17+/m0/s1. The Kier molecular flexibility index (Phi) is 4.00. The van der Waals surface area contributed by atoms with Crippen LogP contribution < -0.4 is 0 Å². The predicted octanol–water partition coefficient (Wildman–Crippen LogP) is 3.40. The lowest BCUT2D eigenvalue weighted by atomic mass is 9.85. The van der Waals surface area contributed by atoms with Crippen LogP contribution >= 0.6 is 0 Å². The first-order chi connectivity index (χ1) is 10.2. The summed E-state index contributed by atoms with van der Waals surface area (Å²) in [6.45, 7) is 0.472. The Balaban J connectivity index is 1.72. The summed E-state index contributed by atoms with van der Waals surface area (Å²) in [4.78, 5) is 11.9.